The maximum atomic E-state index is 11.1. The van der Waals surface area contributed by atoms with Crippen LogP contribution in [0.4, 0.5) is 0 Å². The number of ether oxygens (including phenoxy) is 1. The van der Waals surface area contributed by atoms with Gasteiger partial charge in [0.2, 0.25) is 5.91 Å². The van der Waals surface area contributed by atoms with Gasteiger partial charge < -0.3 is 15.8 Å². The highest BCUT2D eigenvalue weighted by molar-refractivity contribution is 5.76. The monoisotopic (exact) mass is 242 g/mol. The van der Waals surface area contributed by atoms with Crippen LogP contribution >= 0.6 is 0 Å². The molecule has 0 aliphatic heterocycles. The second-order valence-electron chi connectivity index (χ2n) is 5.42. The van der Waals surface area contributed by atoms with Gasteiger partial charge in [0, 0.05) is 25.1 Å². The first kappa shape index (κ1) is 14.5. The van der Waals surface area contributed by atoms with Gasteiger partial charge in [-0.05, 0) is 31.6 Å². The molecule has 3 N–H and O–H groups in total. The quantitative estimate of drug-likeness (QED) is 0.737. The predicted molar refractivity (Wildman–Crippen MR) is 68.6 cm³/mol. The average molecular weight is 242 g/mol. The molecule has 0 radical (unpaired) electrons. The van der Waals surface area contributed by atoms with Crippen molar-refractivity contribution in [3.8, 4) is 0 Å². The number of nitrogens with two attached hydrogens (primary N) is 1. The molecule has 1 aliphatic carbocycles. The molecule has 0 spiro atoms. The van der Waals surface area contributed by atoms with E-state index in [9.17, 15) is 4.79 Å². The lowest BCUT2D eigenvalue weighted by Gasteiger charge is -2.32. The third kappa shape index (κ3) is 4.64. The van der Waals surface area contributed by atoms with Crippen molar-refractivity contribution in [1.82, 2.24) is 5.32 Å². The van der Waals surface area contributed by atoms with Gasteiger partial charge in [0.05, 0.1) is 6.61 Å². The van der Waals surface area contributed by atoms with E-state index in [0.717, 1.165) is 32.3 Å². The van der Waals surface area contributed by atoms with E-state index in [4.69, 9.17) is 10.5 Å². The van der Waals surface area contributed by atoms with Crippen LogP contribution in [0.1, 0.15) is 39.5 Å². The molecule has 0 saturated heterocycles. The zero-order valence-corrected chi connectivity index (χ0v) is 11.2. The number of nitrogens with one attached hydrogen (secondary N) is 1. The number of rotatable bonds is 6. The van der Waals surface area contributed by atoms with E-state index in [2.05, 4.69) is 19.2 Å². The standard InChI is InChI=1S/C13H26N2O2/c1-9(2)12(8-17-3)15-11-6-4-10(5-7-11)13(14)16/h9-12,15H,4-8H2,1-3H3,(H2,14,16). The number of primary amides is 1. The van der Waals surface area contributed by atoms with Crippen LogP contribution in [0.2, 0.25) is 0 Å². The summed E-state index contributed by atoms with van der Waals surface area (Å²) in [6.45, 7) is 5.14. The lowest BCUT2D eigenvalue weighted by molar-refractivity contribution is -0.122. The van der Waals surface area contributed by atoms with Crippen molar-refractivity contribution in [2.75, 3.05) is 13.7 Å². The molecule has 1 amide bonds. The molecule has 1 rings (SSSR count). The Morgan fingerprint density at radius 2 is 1.94 bits per heavy atom. The minimum Gasteiger partial charge on any atom is -0.383 e. The van der Waals surface area contributed by atoms with Crippen molar-refractivity contribution >= 4 is 5.91 Å². The predicted octanol–water partition coefficient (Wildman–Crippen LogP) is 1.29. The van der Waals surface area contributed by atoms with Crippen molar-refractivity contribution in [2.45, 2.75) is 51.6 Å². The van der Waals surface area contributed by atoms with Gasteiger partial charge >= 0.3 is 0 Å². The number of methoxy groups -OCH3 is 1. The smallest absolute Gasteiger partial charge is 0.220 e. The molecule has 0 aromatic rings. The van der Waals surface area contributed by atoms with Gasteiger partial charge in [-0.15, -0.1) is 0 Å². The van der Waals surface area contributed by atoms with Gasteiger partial charge in [0.15, 0.2) is 0 Å². The molecule has 0 aromatic heterocycles. The number of carbonyl (C=O) groups excluding carboxylic acids is 1. The molecule has 100 valence electrons. The molecule has 4 nitrogen and oxygen atoms in total. The largest absolute Gasteiger partial charge is 0.383 e. The maximum absolute atomic E-state index is 11.1. The van der Waals surface area contributed by atoms with E-state index >= 15 is 0 Å². The third-order valence-electron chi connectivity index (χ3n) is 3.73. The lowest BCUT2D eigenvalue weighted by atomic mass is 9.85. The van der Waals surface area contributed by atoms with Crippen LogP contribution in [0.3, 0.4) is 0 Å². The van der Waals surface area contributed by atoms with E-state index in [-0.39, 0.29) is 11.8 Å². The van der Waals surface area contributed by atoms with Gasteiger partial charge in [-0.3, -0.25) is 4.79 Å². The summed E-state index contributed by atoms with van der Waals surface area (Å²) in [6, 6.07) is 0.906. The van der Waals surface area contributed by atoms with Crippen LogP contribution in [0.5, 0.6) is 0 Å². The molecule has 4 heteroatoms. The fourth-order valence-corrected chi connectivity index (χ4v) is 2.46. The van der Waals surface area contributed by atoms with E-state index in [1.807, 2.05) is 0 Å². The summed E-state index contributed by atoms with van der Waals surface area (Å²) in [5.74, 6) is 0.512. The molecular weight excluding hydrogens is 216 g/mol. The first-order valence-electron chi connectivity index (χ1n) is 6.59. The van der Waals surface area contributed by atoms with Crippen LogP contribution in [0.15, 0.2) is 0 Å². The van der Waals surface area contributed by atoms with Gasteiger partial charge in [0.25, 0.3) is 0 Å². The molecule has 0 bridgehead atoms. The number of carbonyl (C=O) groups is 1. The van der Waals surface area contributed by atoms with Crippen LogP contribution in [0.25, 0.3) is 0 Å². The fraction of sp³-hybridized carbons (Fsp3) is 0.923. The summed E-state index contributed by atoms with van der Waals surface area (Å²) in [5.41, 5.74) is 5.33. The van der Waals surface area contributed by atoms with Crippen LogP contribution < -0.4 is 11.1 Å². The van der Waals surface area contributed by atoms with E-state index in [1.54, 1.807) is 7.11 Å². The summed E-state index contributed by atoms with van der Waals surface area (Å²) in [5, 5.41) is 3.64. The first-order chi connectivity index (χ1) is 8.04. The summed E-state index contributed by atoms with van der Waals surface area (Å²) in [4.78, 5) is 11.1. The van der Waals surface area contributed by atoms with Crippen LogP contribution in [-0.2, 0) is 9.53 Å². The Kier molecular flexibility index (Phi) is 5.92. The Hall–Kier alpha value is -0.610. The summed E-state index contributed by atoms with van der Waals surface area (Å²) >= 11 is 0. The number of hydrogen-bond donors (Lipinski definition) is 2. The highest BCUT2D eigenvalue weighted by Crippen LogP contribution is 2.24. The Labute approximate surface area is 104 Å². The lowest BCUT2D eigenvalue weighted by Crippen LogP contribution is -2.46. The molecule has 0 aromatic carbocycles. The van der Waals surface area contributed by atoms with E-state index in [0.29, 0.717) is 18.0 Å². The maximum Gasteiger partial charge on any atom is 0.220 e. The SMILES string of the molecule is COCC(NC1CCC(C(N)=O)CC1)C(C)C. The normalized spacial score (nSPS) is 27.1. The molecule has 0 heterocycles. The topological polar surface area (TPSA) is 64.3 Å². The molecule has 1 fully saturated rings. The summed E-state index contributed by atoms with van der Waals surface area (Å²) in [6.07, 6.45) is 3.93. The highest BCUT2D eigenvalue weighted by atomic mass is 16.5. The average Bonchev–Trinajstić information content (AvgIpc) is 2.29. The van der Waals surface area contributed by atoms with Gasteiger partial charge in [-0.25, -0.2) is 0 Å². The summed E-state index contributed by atoms with van der Waals surface area (Å²) in [7, 11) is 1.74. The highest BCUT2D eigenvalue weighted by Gasteiger charge is 2.26. The second kappa shape index (κ2) is 6.97. The Morgan fingerprint density at radius 3 is 2.35 bits per heavy atom. The Balaban J connectivity index is 2.35. The number of hydrogen-bond acceptors (Lipinski definition) is 3. The van der Waals surface area contributed by atoms with Crippen LogP contribution in [0, 0.1) is 11.8 Å². The number of amides is 1. The van der Waals surface area contributed by atoms with Crippen molar-refractivity contribution in [3.63, 3.8) is 0 Å². The zero-order chi connectivity index (χ0) is 12.8. The van der Waals surface area contributed by atoms with Crippen molar-refractivity contribution < 1.29 is 9.53 Å². The van der Waals surface area contributed by atoms with Crippen molar-refractivity contribution in [3.05, 3.63) is 0 Å². The Morgan fingerprint density at radius 1 is 1.35 bits per heavy atom. The fourth-order valence-electron chi connectivity index (χ4n) is 2.46. The molecule has 1 saturated carbocycles. The minimum absolute atomic E-state index is 0.0907. The molecular formula is C13H26N2O2. The summed E-state index contributed by atoms with van der Waals surface area (Å²) < 4.78 is 5.23. The molecule has 1 atom stereocenters. The van der Waals surface area contributed by atoms with E-state index in [1.165, 1.54) is 0 Å². The van der Waals surface area contributed by atoms with Crippen molar-refractivity contribution in [1.29, 1.82) is 0 Å². The van der Waals surface area contributed by atoms with E-state index < -0.39 is 0 Å². The minimum atomic E-state index is -0.138. The Bertz CT molecular complexity index is 236. The first-order valence-corrected chi connectivity index (χ1v) is 6.59. The van der Waals surface area contributed by atoms with Gasteiger partial charge in [0.1, 0.15) is 0 Å². The van der Waals surface area contributed by atoms with Gasteiger partial charge in [-0.1, -0.05) is 13.8 Å². The second-order valence-corrected chi connectivity index (χ2v) is 5.42. The molecule has 1 unspecified atom stereocenters. The molecule has 1 aliphatic rings. The van der Waals surface area contributed by atoms with Crippen LogP contribution in [-0.4, -0.2) is 31.7 Å². The molecule has 17 heavy (non-hydrogen) atoms. The third-order valence-corrected chi connectivity index (χ3v) is 3.73. The van der Waals surface area contributed by atoms with Crippen molar-refractivity contribution in [2.24, 2.45) is 17.6 Å². The van der Waals surface area contributed by atoms with Gasteiger partial charge in [-0.2, -0.15) is 0 Å². The zero-order valence-electron chi connectivity index (χ0n) is 11.2.